The second-order valence-corrected chi connectivity index (χ2v) is 4.30. The summed E-state index contributed by atoms with van der Waals surface area (Å²) in [5.41, 5.74) is 5.96. The average molecular weight is 227 g/mol. The zero-order valence-electron chi connectivity index (χ0n) is 9.79. The highest BCUT2D eigenvalue weighted by Crippen LogP contribution is 2.22. The van der Waals surface area contributed by atoms with Crippen LogP contribution in [-0.2, 0) is 9.59 Å². The van der Waals surface area contributed by atoms with Gasteiger partial charge in [-0.1, -0.05) is 19.3 Å². The lowest BCUT2D eigenvalue weighted by molar-refractivity contribution is -0.129. The van der Waals surface area contributed by atoms with Gasteiger partial charge in [0, 0.05) is 13.1 Å². The Kier molecular flexibility index (Phi) is 5.25. The van der Waals surface area contributed by atoms with Crippen LogP contribution in [0.4, 0.5) is 0 Å². The Morgan fingerprint density at radius 3 is 2.62 bits per heavy atom. The monoisotopic (exact) mass is 227 g/mol. The predicted octanol–water partition coefficient (Wildman–Crippen LogP) is -0.244. The number of carbonyl (C=O) groups is 2. The van der Waals surface area contributed by atoms with Crippen LogP contribution < -0.4 is 16.4 Å². The lowest BCUT2D eigenvalue weighted by Gasteiger charge is -2.20. The summed E-state index contributed by atoms with van der Waals surface area (Å²) < 4.78 is 0. The summed E-state index contributed by atoms with van der Waals surface area (Å²) in [6.07, 6.45) is 5.03. The quantitative estimate of drug-likeness (QED) is 0.582. The highest BCUT2D eigenvalue weighted by molar-refractivity contribution is 5.85. The molecule has 1 saturated carbocycles. The molecule has 2 atom stereocenters. The second kappa shape index (κ2) is 6.48. The van der Waals surface area contributed by atoms with Crippen molar-refractivity contribution in [1.82, 2.24) is 10.6 Å². The normalized spacial score (nSPS) is 25.6. The van der Waals surface area contributed by atoms with Crippen molar-refractivity contribution >= 4 is 11.8 Å². The Labute approximate surface area is 96.1 Å². The number of rotatable bonds is 3. The number of carbonyl (C=O) groups excluding carboxylic acids is 2. The zero-order valence-corrected chi connectivity index (χ0v) is 9.79. The van der Waals surface area contributed by atoms with Gasteiger partial charge in [-0.05, 0) is 12.8 Å². The first-order valence-corrected chi connectivity index (χ1v) is 5.89. The maximum Gasteiger partial charge on any atom is 0.239 e. The molecule has 1 rings (SSSR count). The van der Waals surface area contributed by atoms with E-state index in [1.54, 1.807) is 7.05 Å². The minimum Gasteiger partial charge on any atom is -0.358 e. The van der Waals surface area contributed by atoms with E-state index < -0.39 is 0 Å². The van der Waals surface area contributed by atoms with Crippen molar-refractivity contribution in [2.24, 2.45) is 11.7 Å². The maximum absolute atomic E-state index is 11.8. The molecule has 0 saturated heterocycles. The van der Waals surface area contributed by atoms with Gasteiger partial charge in [-0.3, -0.25) is 9.59 Å². The van der Waals surface area contributed by atoms with Crippen LogP contribution in [0.3, 0.4) is 0 Å². The van der Waals surface area contributed by atoms with E-state index in [1.165, 1.54) is 0 Å². The van der Waals surface area contributed by atoms with Gasteiger partial charge in [0.05, 0.1) is 12.5 Å². The third kappa shape index (κ3) is 3.81. The van der Waals surface area contributed by atoms with Gasteiger partial charge in [0.2, 0.25) is 11.8 Å². The lowest BCUT2D eigenvalue weighted by atomic mass is 9.94. The summed E-state index contributed by atoms with van der Waals surface area (Å²) in [6, 6.07) is -0.0628. The van der Waals surface area contributed by atoms with Crippen LogP contribution in [0, 0.1) is 5.92 Å². The van der Waals surface area contributed by atoms with Gasteiger partial charge >= 0.3 is 0 Å². The molecule has 5 nitrogen and oxygen atoms in total. The predicted molar refractivity (Wildman–Crippen MR) is 61.6 cm³/mol. The fourth-order valence-electron chi connectivity index (χ4n) is 2.05. The lowest BCUT2D eigenvalue weighted by Crippen LogP contribution is -2.44. The summed E-state index contributed by atoms with van der Waals surface area (Å²) in [4.78, 5) is 22.8. The first-order chi connectivity index (χ1) is 7.65. The number of hydrogen-bond acceptors (Lipinski definition) is 3. The number of likely N-dealkylation sites (N-methyl/N-ethyl adjacent to an activating group) is 1. The molecular weight excluding hydrogens is 206 g/mol. The SMILES string of the molecule is CNC(=O)CNC(=O)C1CCCCCC1N. The highest BCUT2D eigenvalue weighted by Gasteiger charge is 2.26. The molecule has 1 aliphatic rings. The Morgan fingerprint density at radius 2 is 1.94 bits per heavy atom. The Morgan fingerprint density at radius 1 is 1.25 bits per heavy atom. The Balaban J connectivity index is 2.41. The van der Waals surface area contributed by atoms with Crippen molar-refractivity contribution in [3.05, 3.63) is 0 Å². The van der Waals surface area contributed by atoms with Gasteiger partial charge in [0.1, 0.15) is 0 Å². The fraction of sp³-hybridized carbons (Fsp3) is 0.818. The topological polar surface area (TPSA) is 84.2 Å². The van der Waals surface area contributed by atoms with Crippen LogP contribution >= 0.6 is 0 Å². The van der Waals surface area contributed by atoms with Gasteiger partial charge in [0.15, 0.2) is 0 Å². The number of nitrogens with two attached hydrogens (primary N) is 1. The zero-order chi connectivity index (χ0) is 12.0. The second-order valence-electron chi connectivity index (χ2n) is 4.30. The third-order valence-corrected chi connectivity index (χ3v) is 3.11. The third-order valence-electron chi connectivity index (χ3n) is 3.11. The summed E-state index contributed by atoms with van der Waals surface area (Å²) >= 11 is 0. The first-order valence-electron chi connectivity index (χ1n) is 5.89. The average Bonchev–Trinajstić information content (AvgIpc) is 2.50. The van der Waals surface area contributed by atoms with Crippen molar-refractivity contribution in [2.45, 2.75) is 38.1 Å². The Hall–Kier alpha value is -1.10. The van der Waals surface area contributed by atoms with E-state index in [4.69, 9.17) is 5.73 Å². The van der Waals surface area contributed by atoms with E-state index >= 15 is 0 Å². The van der Waals surface area contributed by atoms with Crippen molar-refractivity contribution in [3.8, 4) is 0 Å². The molecule has 5 heteroatoms. The van der Waals surface area contributed by atoms with Crippen LogP contribution in [0.25, 0.3) is 0 Å². The van der Waals surface area contributed by atoms with E-state index in [2.05, 4.69) is 10.6 Å². The molecule has 0 aromatic carbocycles. The van der Waals surface area contributed by atoms with Crippen molar-refractivity contribution in [3.63, 3.8) is 0 Å². The number of amides is 2. The van der Waals surface area contributed by atoms with Crippen molar-refractivity contribution in [2.75, 3.05) is 13.6 Å². The van der Waals surface area contributed by atoms with Crippen LogP contribution in [0.1, 0.15) is 32.1 Å². The largest absolute Gasteiger partial charge is 0.358 e. The molecule has 0 radical (unpaired) electrons. The van der Waals surface area contributed by atoms with Gasteiger partial charge in [-0.2, -0.15) is 0 Å². The molecule has 0 aliphatic heterocycles. The fourth-order valence-corrected chi connectivity index (χ4v) is 2.05. The minimum atomic E-state index is -0.185. The summed E-state index contributed by atoms with van der Waals surface area (Å²) in [5, 5.41) is 5.09. The molecule has 0 aromatic rings. The molecule has 2 unspecified atom stereocenters. The van der Waals surface area contributed by atoms with Crippen LogP contribution in [0.15, 0.2) is 0 Å². The van der Waals surface area contributed by atoms with Gasteiger partial charge in [-0.25, -0.2) is 0 Å². The summed E-state index contributed by atoms with van der Waals surface area (Å²) in [7, 11) is 1.55. The molecule has 2 amide bonds. The molecule has 0 spiro atoms. The smallest absolute Gasteiger partial charge is 0.239 e. The van der Waals surface area contributed by atoms with Gasteiger partial charge < -0.3 is 16.4 Å². The molecule has 1 fully saturated rings. The summed E-state index contributed by atoms with van der Waals surface area (Å²) in [5.74, 6) is -0.402. The molecule has 0 heterocycles. The van der Waals surface area contributed by atoms with E-state index in [0.717, 1.165) is 32.1 Å². The van der Waals surface area contributed by atoms with E-state index in [0.29, 0.717) is 0 Å². The van der Waals surface area contributed by atoms with E-state index in [-0.39, 0.29) is 30.3 Å². The van der Waals surface area contributed by atoms with Crippen molar-refractivity contribution < 1.29 is 9.59 Å². The van der Waals surface area contributed by atoms with E-state index in [1.807, 2.05) is 0 Å². The van der Waals surface area contributed by atoms with E-state index in [9.17, 15) is 9.59 Å². The van der Waals surface area contributed by atoms with Crippen LogP contribution in [0.5, 0.6) is 0 Å². The highest BCUT2D eigenvalue weighted by atomic mass is 16.2. The van der Waals surface area contributed by atoms with Crippen molar-refractivity contribution in [1.29, 1.82) is 0 Å². The number of hydrogen-bond donors (Lipinski definition) is 3. The van der Waals surface area contributed by atoms with Gasteiger partial charge in [-0.15, -0.1) is 0 Å². The minimum absolute atomic E-state index is 0.0402. The molecule has 1 aliphatic carbocycles. The maximum atomic E-state index is 11.8. The molecule has 16 heavy (non-hydrogen) atoms. The summed E-state index contributed by atoms with van der Waals surface area (Å²) in [6.45, 7) is 0.0402. The molecular formula is C11H21N3O2. The first kappa shape index (κ1) is 13.0. The van der Waals surface area contributed by atoms with Crippen LogP contribution in [0.2, 0.25) is 0 Å². The Bertz CT molecular complexity index is 256. The number of nitrogens with one attached hydrogen (secondary N) is 2. The molecule has 0 bridgehead atoms. The molecule has 0 aromatic heterocycles. The molecule has 92 valence electrons. The molecule has 4 N–H and O–H groups in total. The van der Waals surface area contributed by atoms with Crippen LogP contribution in [-0.4, -0.2) is 31.4 Å². The van der Waals surface area contributed by atoms with Gasteiger partial charge in [0.25, 0.3) is 0 Å². The standard InChI is InChI=1S/C11H21N3O2/c1-13-10(15)7-14-11(16)8-5-3-2-4-6-9(8)12/h8-9H,2-7,12H2,1H3,(H,13,15)(H,14,16).